The van der Waals surface area contributed by atoms with Gasteiger partial charge in [0.05, 0.1) is 10.8 Å². The van der Waals surface area contributed by atoms with E-state index in [9.17, 15) is 0 Å². The SMILES string of the molecule is Cc1cccc2c1C1(c3ccccc3C3(c4ccccc4-c4ccccc43)c3ccccc31)c1ccc3oc4ccccc4c3c1-2. The van der Waals surface area contributed by atoms with Gasteiger partial charge in [-0.15, -0.1) is 0 Å². The molecule has 7 aromatic carbocycles. The van der Waals surface area contributed by atoms with E-state index in [-0.39, 0.29) is 0 Å². The molecule has 1 heterocycles. The maximum absolute atomic E-state index is 6.49. The summed E-state index contributed by atoms with van der Waals surface area (Å²) < 4.78 is 6.49. The Hall–Kier alpha value is -5.66. The van der Waals surface area contributed by atoms with Crippen LogP contribution in [0.4, 0.5) is 0 Å². The standard InChI is InChI=1S/C45H28O/c1-27-13-12-17-31-41-38(25-26-40-42(41)30-16-4-11-24-39(30)46-40)45(43(27)31)36-22-9-7-20-34(36)44(35-21-8-10-23-37(35)45)32-18-5-2-14-28(32)29-15-3-6-19-33(29)44/h2-26H,1H3. The van der Waals surface area contributed by atoms with Crippen molar-refractivity contribution in [3.63, 3.8) is 0 Å². The molecule has 3 aliphatic rings. The molecule has 0 unspecified atom stereocenters. The van der Waals surface area contributed by atoms with Crippen molar-refractivity contribution in [3.8, 4) is 22.3 Å². The molecule has 0 amide bonds. The van der Waals surface area contributed by atoms with Crippen molar-refractivity contribution >= 4 is 21.9 Å². The minimum Gasteiger partial charge on any atom is -0.456 e. The predicted molar refractivity (Wildman–Crippen MR) is 187 cm³/mol. The first-order chi connectivity index (χ1) is 22.8. The number of hydrogen-bond donors (Lipinski definition) is 0. The van der Waals surface area contributed by atoms with Gasteiger partial charge in [0.2, 0.25) is 0 Å². The first-order valence-corrected chi connectivity index (χ1v) is 16.2. The fourth-order valence-electron chi connectivity index (χ4n) is 9.86. The van der Waals surface area contributed by atoms with Gasteiger partial charge >= 0.3 is 0 Å². The lowest BCUT2D eigenvalue weighted by molar-refractivity contribution is 0.630. The van der Waals surface area contributed by atoms with Crippen molar-refractivity contribution in [2.24, 2.45) is 0 Å². The zero-order chi connectivity index (χ0) is 30.2. The molecule has 0 atom stereocenters. The van der Waals surface area contributed by atoms with Crippen molar-refractivity contribution in [2.45, 2.75) is 17.8 Å². The molecule has 2 spiro atoms. The van der Waals surface area contributed by atoms with Crippen LogP contribution in [0.25, 0.3) is 44.2 Å². The number of hydrogen-bond acceptors (Lipinski definition) is 1. The summed E-state index contributed by atoms with van der Waals surface area (Å²) in [5.74, 6) is 0. The van der Waals surface area contributed by atoms with E-state index < -0.39 is 10.8 Å². The van der Waals surface area contributed by atoms with E-state index in [1.165, 1.54) is 83.1 Å². The first kappa shape index (κ1) is 24.6. The molecule has 1 nitrogen and oxygen atoms in total. The molecule has 0 aliphatic heterocycles. The molecule has 0 saturated heterocycles. The summed E-state index contributed by atoms with van der Waals surface area (Å²) in [5, 5.41) is 2.38. The monoisotopic (exact) mass is 584 g/mol. The highest BCUT2D eigenvalue weighted by molar-refractivity contribution is 6.16. The quantitative estimate of drug-likeness (QED) is 0.173. The minimum absolute atomic E-state index is 0.427. The summed E-state index contributed by atoms with van der Waals surface area (Å²) in [7, 11) is 0. The number of aryl methyl sites for hydroxylation is 1. The Labute approximate surface area is 267 Å². The largest absolute Gasteiger partial charge is 0.456 e. The third-order valence-corrected chi connectivity index (χ3v) is 11.3. The number of benzene rings is 7. The van der Waals surface area contributed by atoms with Crippen LogP contribution in [0.1, 0.15) is 50.1 Å². The van der Waals surface area contributed by atoms with Crippen LogP contribution in [0.2, 0.25) is 0 Å². The topological polar surface area (TPSA) is 13.1 Å². The predicted octanol–water partition coefficient (Wildman–Crippen LogP) is 10.9. The molecule has 0 fully saturated rings. The highest BCUT2D eigenvalue weighted by Crippen LogP contribution is 2.68. The Morgan fingerprint density at radius 3 is 1.57 bits per heavy atom. The van der Waals surface area contributed by atoms with E-state index in [0.29, 0.717) is 0 Å². The van der Waals surface area contributed by atoms with Crippen LogP contribution in [0.15, 0.2) is 156 Å². The van der Waals surface area contributed by atoms with E-state index in [1.807, 2.05) is 0 Å². The van der Waals surface area contributed by atoms with Gasteiger partial charge in [-0.1, -0.05) is 140 Å². The van der Waals surface area contributed by atoms with E-state index in [4.69, 9.17) is 4.42 Å². The Morgan fingerprint density at radius 1 is 0.391 bits per heavy atom. The Kier molecular flexibility index (Phi) is 4.46. The van der Waals surface area contributed by atoms with Gasteiger partial charge in [-0.25, -0.2) is 0 Å². The van der Waals surface area contributed by atoms with Crippen LogP contribution in [0.5, 0.6) is 0 Å². The lowest BCUT2D eigenvalue weighted by Gasteiger charge is -2.49. The van der Waals surface area contributed by atoms with E-state index >= 15 is 0 Å². The maximum Gasteiger partial charge on any atom is 0.136 e. The molecule has 0 bridgehead atoms. The second kappa shape index (κ2) is 8.33. The smallest absolute Gasteiger partial charge is 0.136 e. The maximum atomic E-state index is 6.49. The highest BCUT2D eigenvalue weighted by atomic mass is 16.3. The molecule has 1 heteroatoms. The van der Waals surface area contributed by atoms with Gasteiger partial charge in [0, 0.05) is 10.8 Å². The van der Waals surface area contributed by atoms with Crippen LogP contribution in [0, 0.1) is 6.92 Å². The van der Waals surface area contributed by atoms with E-state index in [0.717, 1.165) is 11.2 Å². The third kappa shape index (κ3) is 2.57. The summed E-state index contributed by atoms with van der Waals surface area (Å²) in [6.45, 7) is 2.30. The molecule has 1 aromatic heterocycles. The summed E-state index contributed by atoms with van der Waals surface area (Å²) in [6.07, 6.45) is 0. The van der Waals surface area contributed by atoms with Gasteiger partial charge in [0.15, 0.2) is 0 Å². The van der Waals surface area contributed by atoms with Gasteiger partial charge in [0.1, 0.15) is 11.2 Å². The summed E-state index contributed by atoms with van der Waals surface area (Å²) in [6, 6.07) is 56.7. The van der Waals surface area contributed by atoms with Crippen molar-refractivity contribution < 1.29 is 4.42 Å². The van der Waals surface area contributed by atoms with Crippen LogP contribution in [-0.2, 0) is 10.8 Å². The molecular formula is C45H28O. The lowest BCUT2D eigenvalue weighted by Crippen LogP contribution is -2.44. The summed E-state index contributed by atoms with van der Waals surface area (Å²) >= 11 is 0. The molecule has 3 aliphatic carbocycles. The van der Waals surface area contributed by atoms with Crippen LogP contribution < -0.4 is 0 Å². The molecule has 46 heavy (non-hydrogen) atoms. The second-order valence-corrected chi connectivity index (χ2v) is 13.1. The molecule has 0 saturated carbocycles. The molecule has 0 radical (unpaired) electrons. The normalized spacial score (nSPS) is 15.4. The second-order valence-electron chi connectivity index (χ2n) is 13.1. The number of rotatable bonds is 0. The number of fused-ring (bicyclic) bond motifs is 20. The molecular weight excluding hydrogens is 556 g/mol. The third-order valence-electron chi connectivity index (χ3n) is 11.3. The fourth-order valence-corrected chi connectivity index (χ4v) is 9.86. The average molecular weight is 585 g/mol. The zero-order valence-electron chi connectivity index (χ0n) is 25.3. The van der Waals surface area contributed by atoms with Crippen LogP contribution >= 0.6 is 0 Å². The highest BCUT2D eigenvalue weighted by Gasteiger charge is 2.59. The fraction of sp³-hybridized carbons (Fsp3) is 0.0667. The Morgan fingerprint density at radius 2 is 0.913 bits per heavy atom. The van der Waals surface area contributed by atoms with Gasteiger partial charge in [-0.3, -0.25) is 0 Å². The minimum atomic E-state index is -0.493. The number of furan rings is 1. The van der Waals surface area contributed by atoms with Gasteiger partial charge in [-0.05, 0) is 91.4 Å². The molecule has 214 valence electrons. The molecule has 0 N–H and O–H groups in total. The molecule has 11 rings (SSSR count). The Balaban J connectivity index is 1.38. The summed E-state index contributed by atoms with van der Waals surface area (Å²) in [5.41, 5.74) is 18.4. The van der Waals surface area contributed by atoms with E-state index in [1.54, 1.807) is 0 Å². The first-order valence-electron chi connectivity index (χ1n) is 16.2. The lowest BCUT2D eigenvalue weighted by atomic mass is 9.52. The van der Waals surface area contributed by atoms with Crippen molar-refractivity contribution in [1.29, 1.82) is 0 Å². The number of para-hydroxylation sites is 1. The van der Waals surface area contributed by atoms with Crippen molar-refractivity contribution in [3.05, 3.63) is 202 Å². The van der Waals surface area contributed by atoms with Gasteiger partial charge < -0.3 is 4.42 Å². The van der Waals surface area contributed by atoms with Gasteiger partial charge in [-0.2, -0.15) is 0 Å². The van der Waals surface area contributed by atoms with E-state index in [2.05, 4.69) is 159 Å². The zero-order valence-corrected chi connectivity index (χ0v) is 25.3. The average Bonchev–Trinajstić information content (AvgIpc) is 3.74. The van der Waals surface area contributed by atoms with Crippen LogP contribution in [-0.4, -0.2) is 0 Å². The van der Waals surface area contributed by atoms with Crippen molar-refractivity contribution in [2.75, 3.05) is 0 Å². The van der Waals surface area contributed by atoms with Crippen molar-refractivity contribution in [1.82, 2.24) is 0 Å². The van der Waals surface area contributed by atoms with Crippen LogP contribution in [0.3, 0.4) is 0 Å². The summed E-state index contributed by atoms with van der Waals surface area (Å²) in [4.78, 5) is 0. The van der Waals surface area contributed by atoms with Gasteiger partial charge in [0.25, 0.3) is 0 Å². The molecule has 8 aromatic rings. The Bertz CT molecular complexity index is 2520.